The van der Waals surface area contributed by atoms with Crippen LogP contribution in [0.5, 0.6) is 0 Å². The highest BCUT2D eigenvalue weighted by Gasteiger charge is 2.23. The van der Waals surface area contributed by atoms with Gasteiger partial charge in [-0.3, -0.25) is 4.90 Å². The van der Waals surface area contributed by atoms with E-state index in [0.717, 1.165) is 5.69 Å². The highest BCUT2D eigenvalue weighted by atomic mass is 32.2. The van der Waals surface area contributed by atoms with Gasteiger partial charge in [0.15, 0.2) is 5.11 Å². The van der Waals surface area contributed by atoms with Gasteiger partial charge in [0, 0.05) is 11.9 Å². The first-order chi connectivity index (χ1) is 8.69. The van der Waals surface area contributed by atoms with E-state index in [9.17, 15) is 8.42 Å². The zero-order valence-electron chi connectivity index (χ0n) is 10.6. The molecule has 0 bridgehead atoms. The van der Waals surface area contributed by atoms with Crippen LogP contribution in [0.4, 0.5) is 5.69 Å². The van der Waals surface area contributed by atoms with Crippen LogP contribution in [-0.2, 0) is 10.0 Å². The molecule has 0 radical (unpaired) electrons. The van der Waals surface area contributed by atoms with E-state index < -0.39 is 10.0 Å². The van der Waals surface area contributed by atoms with E-state index in [1.807, 2.05) is 26.1 Å². The highest BCUT2D eigenvalue weighted by molar-refractivity contribution is 7.89. The smallest absolute Gasteiger partial charge is 0.238 e. The molecule has 7 heteroatoms. The summed E-state index contributed by atoms with van der Waals surface area (Å²) in [5.74, 6) is 0. The van der Waals surface area contributed by atoms with Gasteiger partial charge in [0.2, 0.25) is 10.0 Å². The van der Waals surface area contributed by atoms with Crippen LogP contribution in [-0.4, -0.2) is 19.1 Å². The predicted molar refractivity (Wildman–Crippen MR) is 79.2 cm³/mol. The van der Waals surface area contributed by atoms with Gasteiger partial charge >= 0.3 is 0 Å². The lowest BCUT2D eigenvalue weighted by Gasteiger charge is -2.34. The van der Waals surface area contributed by atoms with Crippen molar-refractivity contribution >= 4 is 33.0 Å². The maximum Gasteiger partial charge on any atom is 0.238 e. The number of rotatable bonds is 2. The molecule has 1 aliphatic rings. The number of thiocarbonyl (C=S) groups is 1. The van der Waals surface area contributed by atoms with Gasteiger partial charge in [-0.05, 0) is 56.4 Å². The van der Waals surface area contributed by atoms with Crippen molar-refractivity contribution in [3.8, 4) is 0 Å². The fourth-order valence-electron chi connectivity index (χ4n) is 1.71. The quantitative estimate of drug-likeness (QED) is 0.805. The number of sulfonamides is 1. The van der Waals surface area contributed by atoms with E-state index in [2.05, 4.69) is 5.32 Å². The first kappa shape index (κ1) is 14.0. The Bertz CT molecular complexity index is 633. The highest BCUT2D eigenvalue weighted by Crippen LogP contribution is 2.22. The zero-order valence-corrected chi connectivity index (χ0v) is 12.3. The van der Waals surface area contributed by atoms with Crippen molar-refractivity contribution in [2.45, 2.75) is 24.3 Å². The number of nitrogens with one attached hydrogen (secondary N) is 1. The van der Waals surface area contributed by atoms with Gasteiger partial charge < -0.3 is 5.32 Å². The molecule has 0 spiro atoms. The van der Waals surface area contributed by atoms with Crippen molar-refractivity contribution < 1.29 is 8.42 Å². The third kappa shape index (κ3) is 3.12. The molecule has 1 aromatic carbocycles. The maximum atomic E-state index is 11.2. The minimum absolute atomic E-state index is 0.0800. The lowest BCUT2D eigenvalue weighted by atomic mass is 10.0. The average Bonchev–Trinajstić information content (AvgIpc) is 2.27. The Morgan fingerprint density at radius 3 is 2.32 bits per heavy atom. The summed E-state index contributed by atoms with van der Waals surface area (Å²) in [4.78, 5) is 1.85. The van der Waals surface area contributed by atoms with E-state index in [1.54, 1.807) is 17.0 Å². The number of anilines is 1. The normalized spacial score (nSPS) is 18.3. The number of nitrogens with zero attached hydrogens (tertiary/aromatic N) is 1. The van der Waals surface area contributed by atoms with E-state index in [4.69, 9.17) is 17.4 Å². The minimum Gasteiger partial charge on any atom is -0.354 e. The second-order valence-electron chi connectivity index (χ2n) is 4.88. The van der Waals surface area contributed by atoms with Crippen LogP contribution in [0.2, 0.25) is 0 Å². The van der Waals surface area contributed by atoms with Crippen LogP contribution in [0.15, 0.2) is 41.4 Å². The Balaban J connectivity index is 2.32. The Morgan fingerprint density at radius 2 is 1.84 bits per heavy atom. The third-order valence-corrected chi connectivity index (χ3v) is 3.96. The van der Waals surface area contributed by atoms with Gasteiger partial charge in [-0.15, -0.1) is 0 Å². The molecule has 0 atom stereocenters. The van der Waals surface area contributed by atoms with Crippen molar-refractivity contribution in [3.05, 3.63) is 36.5 Å². The van der Waals surface area contributed by atoms with Crippen molar-refractivity contribution in [1.29, 1.82) is 0 Å². The largest absolute Gasteiger partial charge is 0.354 e. The standard InChI is InChI=1S/C12H15N3O2S2/c1-12(2)7-8-15(11(18)14-12)9-3-5-10(6-4-9)19(13,16)17/h3-8H,1-2H3,(H,14,18)(H2,13,16,17). The number of hydrogen-bond acceptors (Lipinski definition) is 3. The second kappa shape index (κ2) is 4.59. The van der Waals surface area contributed by atoms with Gasteiger partial charge in [-0.2, -0.15) is 0 Å². The van der Waals surface area contributed by atoms with Crippen LogP contribution >= 0.6 is 12.2 Å². The minimum atomic E-state index is -3.67. The average molecular weight is 297 g/mol. The summed E-state index contributed by atoms with van der Waals surface area (Å²) in [6, 6.07) is 6.24. The summed E-state index contributed by atoms with van der Waals surface area (Å²) in [5, 5.41) is 8.80. The number of hydrogen-bond donors (Lipinski definition) is 2. The first-order valence-electron chi connectivity index (χ1n) is 5.63. The van der Waals surface area contributed by atoms with E-state index in [1.165, 1.54) is 12.1 Å². The van der Waals surface area contributed by atoms with Crippen molar-refractivity contribution in [2.75, 3.05) is 4.90 Å². The van der Waals surface area contributed by atoms with Gasteiger partial charge in [0.25, 0.3) is 0 Å². The summed E-state index contributed by atoms with van der Waals surface area (Å²) in [6.07, 6.45) is 3.85. The summed E-state index contributed by atoms with van der Waals surface area (Å²) in [7, 11) is -3.67. The number of benzene rings is 1. The molecule has 0 aliphatic carbocycles. The molecule has 102 valence electrons. The van der Waals surface area contributed by atoms with Crippen molar-refractivity contribution in [1.82, 2.24) is 5.32 Å². The molecular weight excluding hydrogens is 282 g/mol. The van der Waals surface area contributed by atoms with Crippen molar-refractivity contribution in [3.63, 3.8) is 0 Å². The van der Waals surface area contributed by atoms with Gasteiger partial charge in [-0.1, -0.05) is 0 Å². The van der Waals surface area contributed by atoms with Crippen molar-refractivity contribution in [2.24, 2.45) is 5.14 Å². The lowest BCUT2D eigenvalue weighted by Crippen LogP contribution is -2.51. The number of primary sulfonamides is 1. The predicted octanol–water partition coefficient (Wildman–Crippen LogP) is 1.32. The maximum absolute atomic E-state index is 11.2. The van der Waals surface area contributed by atoms with Crippen LogP contribution in [0.25, 0.3) is 0 Å². The Morgan fingerprint density at radius 1 is 1.26 bits per heavy atom. The second-order valence-corrected chi connectivity index (χ2v) is 6.82. The third-order valence-electron chi connectivity index (χ3n) is 2.73. The molecule has 5 nitrogen and oxygen atoms in total. The van der Waals surface area contributed by atoms with Crippen LogP contribution in [0.3, 0.4) is 0 Å². The first-order valence-corrected chi connectivity index (χ1v) is 7.58. The molecule has 1 heterocycles. The Labute approximate surface area is 118 Å². The summed E-state index contributed by atoms with van der Waals surface area (Å²) < 4.78 is 22.4. The molecule has 0 saturated heterocycles. The fraction of sp³-hybridized carbons (Fsp3) is 0.250. The molecule has 1 aromatic rings. The summed E-state index contributed by atoms with van der Waals surface area (Å²) in [6.45, 7) is 4.02. The Hall–Kier alpha value is -1.44. The molecule has 0 fully saturated rings. The fourth-order valence-corrected chi connectivity index (χ4v) is 2.65. The Kier molecular flexibility index (Phi) is 3.38. The van der Waals surface area contributed by atoms with E-state index >= 15 is 0 Å². The molecule has 3 N–H and O–H groups in total. The number of nitrogens with two attached hydrogens (primary N) is 1. The van der Waals surface area contributed by atoms with Gasteiger partial charge in [-0.25, -0.2) is 13.6 Å². The van der Waals surface area contributed by atoms with Crippen LogP contribution < -0.4 is 15.4 Å². The summed E-state index contributed by atoms with van der Waals surface area (Å²) >= 11 is 5.28. The molecule has 19 heavy (non-hydrogen) atoms. The lowest BCUT2D eigenvalue weighted by molar-refractivity contribution is 0.566. The molecule has 0 aromatic heterocycles. The van der Waals surface area contributed by atoms with Gasteiger partial charge in [0.05, 0.1) is 10.4 Å². The molecule has 0 amide bonds. The summed E-state index contributed by atoms with van der Waals surface area (Å²) in [5.41, 5.74) is 0.588. The zero-order chi connectivity index (χ0) is 14.3. The van der Waals surface area contributed by atoms with E-state index in [-0.39, 0.29) is 10.4 Å². The SMILES string of the molecule is CC1(C)C=CN(c2ccc(S(N)(=O)=O)cc2)C(=S)N1. The molecule has 1 aliphatic heterocycles. The van der Waals surface area contributed by atoms with E-state index in [0.29, 0.717) is 5.11 Å². The monoisotopic (exact) mass is 297 g/mol. The topological polar surface area (TPSA) is 75.4 Å². The molecule has 0 unspecified atom stereocenters. The molecular formula is C12H15N3O2S2. The van der Waals surface area contributed by atoms with Crippen LogP contribution in [0, 0.1) is 0 Å². The van der Waals surface area contributed by atoms with Gasteiger partial charge in [0.1, 0.15) is 0 Å². The van der Waals surface area contributed by atoms with Crippen LogP contribution in [0.1, 0.15) is 13.8 Å². The molecule has 2 rings (SSSR count). The molecule has 0 saturated carbocycles.